The summed E-state index contributed by atoms with van der Waals surface area (Å²) in [5.74, 6) is 6.06. The molecule has 6 nitrogen and oxygen atoms in total. The van der Waals surface area contributed by atoms with Crippen LogP contribution < -0.4 is 9.47 Å². The highest BCUT2D eigenvalue weighted by Crippen LogP contribution is 2.36. The molecule has 0 aliphatic rings. The lowest BCUT2D eigenvalue weighted by atomic mass is 9.78. The minimum absolute atomic E-state index is 0.196. The van der Waals surface area contributed by atoms with Crippen LogP contribution >= 0.6 is 23.5 Å². The summed E-state index contributed by atoms with van der Waals surface area (Å²) in [4.78, 5) is 26.5. The Morgan fingerprint density at radius 2 is 0.949 bits per heavy atom. The van der Waals surface area contributed by atoms with Crippen LogP contribution in [0.5, 0.6) is 11.5 Å². The summed E-state index contributed by atoms with van der Waals surface area (Å²) in [6, 6.07) is 16.9. The molecule has 0 saturated carbocycles. The second-order valence-electron chi connectivity index (χ2n) is 17.6. The number of carbonyl (C=O) groups is 2. The van der Waals surface area contributed by atoms with Gasteiger partial charge in [0.1, 0.15) is 33.9 Å². The third-order valence-electron chi connectivity index (χ3n) is 12.8. The van der Waals surface area contributed by atoms with Gasteiger partial charge >= 0.3 is 0 Å². The predicted molar refractivity (Wildman–Crippen MR) is 255 cm³/mol. The molecule has 0 heterocycles. The van der Waals surface area contributed by atoms with Crippen LogP contribution in [-0.4, -0.2) is 70.2 Å². The number of Topliss-reactive ketones (excluding diaryl/α,β-unsaturated/α-hetero) is 2. The molecule has 336 valence electrons. The normalized spacial score (nSPS) is 15.3. The molecule has 8 heteroatoms. The Hall–Kier alpha value is -2.00. The lowest BCUT2D eigenvalue weighted by Crippen LogP contribution is -2.43. The summed E-state index contributed by atoms with van der Waals surface area (Å²) < 4.78 is 26.0. The highest BCUT2D eigenvalue weighted by molar-refractivity contribution is 7.99. The summed E-state index contributed by atoms with van der Waals surface area (Å²) in [6.07, 6.45) is 12.3. The minimum atomic E-state index is -0.757. The van der Waals surface area contributed by atoms with Crippen molar-refractivity contribution in [1.29, 1.82) is 0 Å². The van der Waals surface area contributed by atoms with E-state index < -0.39 is 22.4 Å². The van der Waals surface area contributed by atoms with Gasteiger partial charge < -0.3 is 18.9 Å². The lowest BCUT2D eigenvalue weighted by molar-refractivity contribution is -0.147. The fraction of sp³-hybridized carbons (Fsp3) is 0.725. The van der Waals surface area contributed by atoms with E-state index in [4.69, 9.17) is 18.9 Å². The molecule has 0 N–H and O–H groups in total. The molecule has 0 fully saturated rings. The zero-order chi connectivity index (χ0) is 44.0. The van der Waals surface area contributed by atoms with Gasteiger partial charge in [0.15, 0.2) is 11.6 Å². The van der Waals surface area contributed by atoms with Crippen molar-refractivity contribution in [2.75, 3.05) is 36.2 Å². The van der Waals surface area contributed by atoms with E-state index in [1.54, 1.807) is 0 Å². The highest BCUT2D eigenvalue weighted by atomic mass is 32.2. The van der Waals surface area contributed by atoms with Crippen molar-refractivity contribution in [3.8, 4) is 11.5 Å². The van der Waals surface area contributed by atoms with Crippen LogP contribution in [0.1, 0.15) is 184 Å². The molecule has 0 aliphatic carbocycles. The second kappa shape index (κ2) is 26.5. The molecule has 0 bridgehead atoms. The fourth-order valence-electron chi connectivity index (χ4n) is 7.20. The number of ketones is 2. The molecule has 3 atom stereocenters. The Morgan fingerprint density at radius 1 is 0.508 bits per heavy atom. The molecule has 0 aliphatic heterocycles. The quantitative estimate of drug-likeness (QED) is 0.0645. The Bertz CT molecular complexity index is 1470. The molecule has 0 amide bonds. The maximum atomic E-state index is 13.4. The number of unbranched alkanes of at least 4 members (excludes halogenated alkanes) is 3. The molecule has 0 radical (unpaired) electrons. The lowest BCUT2D eigenvalue weighted by Gasteiger charge is -2.34. The van der Waals surface area contributed by atoms with Gasteiger partial charge in [-0.1, -0.05) is 106 Å². The van der Waals surface area contributed by atoms with Gasteiger partial charge in [-0.3, -0.25) is 9.59 Å². The van der Waals surface area contributed by atoms with Crippen molar-refractivity contribution < 1.29 is 28.5 Å². The van der Waals surface area contributed by atoms with Crippen molar-refractivity contribution in [3.05, 3.63) is 59.7 Å². The van der Waals surface area contributed by atoms with Crippen molar-refractivity contribution in [3.63, 3.8) is 0 Å². The van der Waals surface area contributed by atoms with E-state index in [2.05, 4.69) is 118 Å². The number of hydrogen-bond acceptors (Lipinski definition) is 8. The Morgan fingerprint density at radius 3 is 1.37 bits per heavy atom. The first kappa shape index (κ1) is 53.1. The van der Waals surface area contributed by atoms with Crippen molar-refractivity contribution in [1.82, 2.24) is 0 Å². The number of hydrogen-bond donors (Lipinski definition) is 0. The molecule has 3 unspecified atom stereocenters. The zero-order valence-electron chi connectivity index (χ0n) is 39.5. The first-order chi connectivity index (χ1) is 28.0. The van der Waals surface area contributed by atoms with Crippen LogP contribution in [0.3, 0.4) is 0 Å². The van der Waals surface area contributed by atoms with E-state index >= 15 is 0 Å². The van der Waals surface area contributed by atoms with Gasteiger partial charge in [-0.2, -0.15) is 23.5 Å². The number of carbonyl (C=O) groups excluding carboxylic acids is 2. The predicted octanol–water partition coefficient (Wildman–Crippen LogP) is 14.0. The van der Waals surface area contributed by atoms with Crippen LogP contribution in [-0.2, 0) is 24.5 Å². The number of rotatable bonds is 34. The summed E-state index contributed by atoms with van der Waals surface area (Å²) in [7, 11) is 0. The summed E-state index contributed by atoms with van der Waals surface area (Å²) in [5.41, 5.74) is -0.159. The Kier molecular flexibility index (Phi) is 23.8. The van der Waals surface area contributed by atoms with Crippen molar-refractivity contribution in [2.45, 2.75) is 201 Å². The first-order valence-electron chi connectivity index (χ1n) is 23.1. The van der Waals surface area contributed by atoms with Crippen LogP contribution in [0.2, 0.25) is 0 Å². The van der Waals surface area contributed by atoms with Crippen molar-refractivity contribution >= 4 is 35.1 Å². The molecular weight excluding hydrogens is 773 g/mol. The van der Waals surface area contributed by atoms with E-state index in [9.17, 15) is 9.59 Å². The summed E-state index contributed by atoms with van der Waals surface area (Å²) in [6.45, 7) is 26.5. The van der Waals surface area contributed by atoms with E-state index in [0.29, 0.717) is 58.2 Å². The van der Waals surface area contributed by atoms with Gasteiger partial charge in [0.05, 0.1) is 13.2 Å². The monoisotopic (exact) mass is 857 g/mol. The van der Waals surface area contributed by atoms with Gasteiger partial charge in [-0.15, -0.1) is 0 Å². The molecule has 2 rings (SSSR count). The van der Waals surface area contributed by atoms with Gasteiger partial charge in [0, 0.05) is 42.6 Å². The molecule has 2 aromatic carbocycles. The molecule has 59 heavy (non-hydrogen) atoms. The smallest absolute Gasteiger partial charge is 0.165 e. The highest BCUT2D eigenvalue weighted by Gasteiger charge is 2.37. The molecular formula is C51H84O6S2. The number of benzene rings is 2. The summed E-state index contributed by atoms with van der Waals surface area (Å²) >= 11 is 3.75. The Labute approximate surface area is 370 Å². The average Bonchev–Trinajstić information content (AvgIpc) is 3.23. The van der Waals surface area contributed by atoms with E-state index in [1.807, 2.05) is 37.4 Å². The minimum Gasteiger partial charge on any atom is -0.488 e. The second-order valence-corrected chi connectivity index (χ2v) is 20.0. The molecule has 0 spiro atoms. The fourth-order valence-corrected chi connectivity index (χ4v) is 9.17. The third kappa shape index (κ3) is 17.0. The maximum absolute atomic E-state index is 13.4. The van der Waals surface area contributed by atoms with E-state index in [-0.39, 0.29) is 17.0 Å². The van der Waals surface area contributed by atoms with Crippen molar-refractivity contribution in [2.24, 2.45) is 0 Å². The van der Waals surface area contributed by atoms with Gasteiger partial charge in [-0.25, -0.2) is 0 Å². The molecule has 0 aromatic heterocycles. The van der Waals surface area contributed by atoms with Gasteiger partial charge in [0.25, 0.3) is 0 Å². The summed E-state index contributed by atoms with van der Waals surface area (Å²) in [5, 5.41) is 0. The first-order valence-corrected chi connectivity index (χ1v) is 25.4. The van der Waals surface area contributed by atoms with Gasteiger partial charge in [-0.05, 0) is 113 Å². The van der Waals surface area contributed by atoms with Crippen LogP contribution in [0, 0.1) is 0 Å². The average molecular weight is 857 g/mol. The number of thioether (sulfide) groups is 2. The SMILES string of the molecule is CCCCCSCCC(=O)C(CC)(CC)OCCC(C)(CC)Oc1ccc(C(C)(C)c2ccc(OC(C)(CC)CCOC(C)(CC)C(=O)CCSCCCC)cc2)cc1. The van der Waals surface area contributed by atoms with Gasteiger partial charge in [0.2, 0.25) is 0 Å². The standard InChI is InChI=1S/C51H84O6S2/c1-13-20-22-38-59-40-32-46(53)51(18-6,19-7)55-36-34-49(11,16-4)57-44-29-25-42(26-30-44)47(8,9)41-23-27-43(28-24-41)56-48(10,15-3)33-35-54-50(12,17-5)45(52)31-39-58-37-21-14-2/h23-30H,13-22,31-40H2,1-12H3. The van der Waals surface area contributed by atoms with E-state index in [1.165, 1.54) is 43.2 Å². The Balaban J connectivity index is 1.99. The maximum Gasteiger partial charge on any atom is 0.165 e. The van der Waals surface area contributed by atoms with Crippen LogP contribution in [0.4, 0.5) is 0 Å². The zero-order valence-corrected chi connectivity index (χ0v) is 41.2. The topological polar surface area (TPSA) is 71.1 Å². The third-order valence-corrected chi connectivity index (χ3v) is 15.0. The number of ether oxygens (including phenoxy) is 4. The van der Waals surface area contributed by atoms with Crippen LogP contribution in [0.15, 0.2) is 48.5 Å². The van der Waals surface area contributed by atoms with E-state index in [0.717, 1.165) is 47.4 Å². The van der Waals surface area contributed by atoms with Crippen LogP contribution in [0.25, 0.3) is 0 Å². The molecule has 0 saturated heterocycles. The largest absolute Gasteiger partial charge is 0.488 e. The molecule has 2 aromatic rings.